The van der Waals surface area contributed by atoms with Crippen molar-refractivity contribution in [3.63, 3.8) is 0 Å². The van der Waals surface area contributed by atoms with Gasteiger partial charge in [-0.3, -0.25) is 30.0 Å². The van der Waals surface area contributed by atoms with Gasteiger partial charge in [-0.15, -0.1) is 0 Å². The monoisotopic (exact) mass is 412 g/mol. The molecule has 0 aliphatic heterocycles. The van der Waals surface area contributed by atoms with Gasteiger partial charge in [-0.1, -0.05) is 12.1 Å². The number of carbonyl (C=O) groups is 3. The molecule has 0 aliphatic carbocycles. The van der Waals surface area contributed by atoms with E-state index in [0.29, 0.717) is 16.7 Å². The Labute approximate surface area is 169 Å². The molecule has 154 valence electrons. The quantitative estimate of drug-likeness (QED) is 0.409. The highest BCUT2D eigenvalue weighted by molar-refractivity contribution is 5.95. The van der Waals surface area contributed by atoms with Crippen molar-refractivity contribution in [2.24, 2.45) is 0 Å². The third-order valence-electron chi connectivity index (χ3n) is 4.01. The third-order valence-corrected chi connectivity index (χ3v) is 4.01. The lowest BCUT2D eigenvalue weighted by molar-refractivity contribution is -0.148. The van der Waals surface area contributed by atoms with Crippen molar-refractivity contribution in [2.45, 2.75) is 12.8 Å². The van der Waals surface area contributed by atoms with Crippen molar-refractivity contribution in [1.82, 2.24) is 20.8 Å². The molecular formula is C20H17FN4O5. The molecule has 0 spiro atoms. The number of aromatic nitrogens is 2. The van der Waals surface area contributed by atoms with E-state index in [2.05, 4.69) is 20.8 Å². The number of para-hydroxylation sites is 1. The predicted octanol–water partition coefficient (Wildman–Crippen LogP) is 0.999. The van der Waals surface area contributed by atoms with Gasteiger partial charge in [0.15, 0.2) is 6.61 Å². The topological polar surface area (TPSA) is 130 Å². The molecule has 3 rings (SSSR count). The van der Waals surface area contributed by atoms with E-state index in [1.165, 1.54) is 12.1 Å². The second kappa shape index (κ2) is 9.41. The van der Waals surface area contributed by atoms with Crippen LogP contribution >= 0.6 is 0 Å². The van der Waals surface area contributed by atoms with E-state index >= 15 is 0 Å². The largest absolute Gasteiger partial charge is 0.455 e. The van der Waals surface area contributed by atoms with Crippen molar-refractivity contribution in [2.75, 3.05) is 6.61 Å². The zero-order chi connectivity index (χ0) is 21.5. The van der Waals surface area contributed by atoms with Gasteiger partial charge in [-0.2, -0.15) is 0 Å². The summed E-state index contributed by atoms with van der Waals surface area (Å²) < 4.78 is 17.7. The van der Waals surface area contributed by atoms with Gasteiger partial charge in [0.25, 0.3) is 17.4 Å². The number of nitrogens with one attached hydrogen (secondary N) is 3. The Hall–Kier alpha value is -4.08. The average Bonchev–Trinajstić information content (AvgIpc) is 2.75. The molecule has 0 aliphatic rings. The second-order valence-corrected chi connectivity index (χ2v) is 6.20. The van der Waals surface area contributed by atoms with Gasteiger partial charge in [0.1, 0.15) is 11.6 Å². The molecule has 3 aromatic rings. The molecule has 9 nitrogen and oxygen atoms in total. The Morgan fingerprint density at radius 3 is 2.53 bits per heavy atom. The van der Waals surface area contributed by atoms with Gasteiger partial charge in [0.05, 0.1) is 17.3 Å². The lowest BCUT2D eigenvalue weighted by Gasteiger charge is -2.08. The molecular weight excluding hydrogens is 395 g/mol. The Morgan fingerprint density at radius 2 is 1.77 bits per heavy atom. The number of benzene rings is 2. The Balaban J connectivity index is 1.42. The zero-order valence-electron chi connectivity index (χ0n) is 15.6. The molecule has 0 fully saturated rings. The Kier molecular flexibility index (Phi) is 6.48. The van der Waals surface area contributed by atoms with E-state index < -0.39 is 30.2 Å². The highest BCUT2D eigenvalue weighted by atomic mass is 19.1. The highest BCUT2D eigenvalue weighted by Crippen LogP contribution is 2.07. The van der Waals surface area contributed by atoms with Crippen LogP contribution in [0.4, 0.5) is 4.39 Å². The minimum atomic E-state index is -0.754. The zero-order valence-corrected chi connectivity index (χ0v) is 15.6. The van der Waals surface area contributed by atoms with E-state index in [1.54, 1.807) is 24.3 Å². The van der Waals surface area contributed by atoms with Crippen LogP contribution < -0.4 is 16.4 Å². The lowest BCUT2D eigenvalue weighted by atomic mass is 10.2. The summed E-state index contributed by atoms with van der Waals surface area (Å²) in [6, 6.07) is 11.5. The summed E-state index contributed by atoms with van der Waals surface area (Å²) in [4.78, 5) is 54.1. The molecule has 30 heavy (non-hydrogen) atoms. The number of nitrogens with zero attached hydrogens (tertiary/aromatic N) is 1. The molecule has 0 saturated carbocycles. The fourth-order valence-corrected chi connectivity index (χ4v) is 2.53. The first kappa shape index (κ1) is 20.6. The SMILES string of the molecule is O=C(COC(=O)CCc1nc2ccccc2c(=O)[nH]1)NNC(=O)c1ccc(F)cc1. The van der Waals surface area contributed by atoms with Gasteiger partial charge in [-0.25, -0.2) is 9.37 Å². The number of H-pyrrole nitrogens is 1. The van der Waals surface area contributed by atoms with Gasteiger partial charge in [-0.05, 0) is 36.4 Å². The number of aryl methyl sites for hydroxylation is 1. The summed E-state index contributed by atoms with van der Waals surface area (Å²) in [6.07, 6.45) is 0.0261. The maximum absolute atomic E-state index is 12.8. The normalized spacial score (nSPS) is 10.4. The van der Waals surface area contributed by atoms with Crippen molar-refractivity contribution in [3.05, 3.63) is 76.1 Å². The molecule has 1 heterocycles. The molecule has 0 unspecified atom stereocenters. The van der Waals surface area contributed by atoms with E-state index in [9.17, 15) is 23.6 Å². The third kappa shape index (κ3) is 5.47. The fraction of sp³-hybridized carbons (Fsp3) is 0.150. The number of hydrogen-bond acceptors (Lipinski definition) is 6. The molecule has 2 aromatic carbocycles. The first-order chi connectivity index (χ1) is 14.4. The Bertz CT molecular complexity index is 1140. The van der Waals surface area contributed by atoms with Gasteiger partial charge < -0.3 is 9.72 Å². The van der Waals surface area contributed by atoms with Crippen LogP contribution in [-0.4, -0.2) is 34.4 Å². The van der Waals surface area contributed by atoms with Crippen LogP contribution in [0.3, 0.4) is 0 Å². The van der Waals surface area contributed by atoms with Crippen molar-refractivity contribution in [1.29, 1.82) is 0 Å². The Morgan fingerprint density at radius 1 is 1.03 bits per heavy atom. The van der Waals surface area contributed by atoms with Crippen LogP contribution in [0.2, 0.25) is 0 Å². The lowest BCUT2D eigenvalue weighted by Crippen LogP contribution is -2.43. The molecule has 3 N–H and O–H groups in total. The van der Waals surface area contributed by atoms with Crippen LogP contribution in [0.5, 0.6) is 0 Å². The molecule has 0 radical (unpaired) electrons. The summed E-state index contributed by atoms with van der Waals surface area (Å²) in [6.45, 7) is -0.607. The number of carbonyl (C=O) groups excluding carboxylic acids is 3. The molecule has 0 bridgehead atoms. The number of rotatable bonds is 6. The molecule has 0 saturated heterocycles. The summed E-state index contributed by atoms with van der Waals surface area (Å²) in [5, 5.41) is 0.447. The van der Waals surface area contributed by atoms with Gasteiger partial charge in [0.2, 0.25) is 0 Å². The maximum atomic E-state index is 12.8. The molecule has 0 atom stereocenters. The first-order valence-corrected chi connectivity index (χ1v) is 8.90. The summed E-state index contributed by atoms with van der Waals surface area (Å²) >= 11 is 0. The molecule has 2 amide bonds. The summed E-state index contributed by atoms with van der Waals surface area (Å²) in [7, 11) is 0. The van der Waals surface area contributed by atoms with Crippen molar-refractivity contribution in [3.8, 4) is 0 Å². The highest BCUT2D eigenvalue weighted by Gasteiger charge is 2.11. The minimum absolute atomic E-state index is 0.101. The van der Waals surface area contributed by atoms with Gasteiger partial charge in [0, 0.05) is 12.0 Å². The van der Waals surface area contributed by atoms with Crippen LogP contribution in [-0.2, 0) is 20.7 Å². The van der Waals surface area contributed by atoms with Crippen LogP contribution in [0.15, 0.2) is 53.3 Å². The number of amides is 2. The second-order valence-electron chi connectivity index (χ2n) is 6.20. The van der Waals surface area contributed by atoms with E-state index in [-0.39, 0.29) is 24.0 Å². The number of hydrazine groups is 1. The number of fused-ring (bicyclic) bond motifs is 1. The van der Waals surface area contributed by atoms with E-state index in [1.807, 2.05) is 0 Å². The van der Waals surface area contributed by atoms with Crippen LogP contribution in [0, 0.1) is 5.82 Å². The number of hydrogen-bond donors (Lipinski definition) is 3. The molecule has 10 heteroatoms. The number of halogens is 1. The van der Waals surface area contributed by atoms with E-state index in [4.69, 9.17) is 4.74 Å². The van der Waals surface area contributed by atoms with Crippen molar-refractivity contribution < 1.29 is 23.5 Å². The summed E-state index contributed by atoms with van der Waals surface area (Å²) in [5.41, 5.74) is 4.56. The first-order valence-electron chi connectivity index (χ1n) is 8.90. The average molecular weight is 412 g/mol. The van der Waals surface area contributed by atoms with E-state index in [0.717, 1.165) is 12.1 Å². The number of esters is 1. The minimum Gasteiger partial charge on any atom is -0.455 e. The van der Waals surface area contributed by atoms with Gasteiger partial charge >= 0.3 is 5.97 Å². The smallest absolute Gasteiger partial charge is 0.306 e. The van der Waals surface area contributed by atoms with Crippen LogP contribution in [0.1, 0.15) is 22.6 Å². The fourth-order valence-electron chi connectivity index (χ4n) is 2.53. The van der Waals surface area contributed by atoms with Crippen molar-refractivity contribution >= 4 is 28.7 Å². The standard InChI is InChI=1S/C20H17FN4O5/c21-13-7-5-12(6-8-13)19(28)25-24-17(26)11-30-18(27)10-9-16-22-15-4-2-1-3-14(15)20(29)23-16/h1-8H,9-11H2,(H,24,26)(H,25,28)(H,22,23,29). The van der Waals surface area contributed by atoms with Crippen LogP contribution in [0.25, 0.3) is 10.9 Å². The number of ether oxygens (including phenoxy) is 1. The predicted molar refractivity (Wildman–Crippen MR) is 104 cm³/mol. The summed E-state index contributed by atoms with van der Waals surface area (Å²) in [5.74, 6) is -2.25. The number of aromatic amines is 1. The maximum Gasteiger partial charge on any atom is 0.306 e. The molecule has 1 aromatic heterocycles.